The number of hydrogen-bond donors (Lipinski definition) is 1. The van der Waals surface area contributed by atoms with E-state index in [4.69, 9.17) is 5.10 Å². The third-order valence-electron chi connectivity index (χ3n) is 4.02. The lowest BCUT2D eigenvalue weighted by Crippen LogP contribution is -2.16. The van der Waals surface area contributed by atoms with Crippen LogP contribution in [0.4, 0.5) is 0 Å². The van der Waals surface area contributed by atoms with Crippen LogP contribution in [0.2, 0.25) is 0 Å². The second-order valence-corrected chi connectivity index (χ2v) is 6.70. The third kappa shape index (κ3) is 2.87. The first-order valence-corrected chi connectivity index (χ1v) is 8.48. The van der Waals surface area contributed by atoms with Gasteiger partial charge in [0.1, 0.15) is 0 Å². The van der Waals surface area contributed by atoms with Gasteiger partial charge in [0.2, 0.25) is 0 Å². The molecule has 108 valence electrons. The average Bonchev–Trinajstić information content (AvgIpc) is 3.08. The van der Waals surface area contributed by atoms with Gasteiger partial charge in [0, 0.05) is 35.8 Å². The number of fused-ring (bicyclic) bond motifs is 1. The van der Waals surface area contributed by atoms with Crippen molar-refractivity contribution < 1.29 is 0 Å². The maximum atomic E-state index is 4.85. The van der Waals surface area contributed by atoms with Gasteiger partial charge in [0.15, 0.2) is 0 Å². The Labute approximate surface area is 128 Å². The first-order valence-electron chi connectivity index (χ1n) is 7.60. The molecule has 2 heterocycles. The first kappa shape index (κ1) is 13.0. The monoisotopic (exact) mass is 297 g/mol. The zero-order chi connectivity index (χ0) is 14.1. The number of rotatable bonds is 6. The number of aromatic nitrogens is 2. The zero-order valence-electron chi connectivity index (χ0n) is 12.0. The number of aryl methyl sites for hydroxylation is 2. The van der Waals surface area contributed by atoms with Crippen molar-refractivity contribution in [2.24, 2.45) is 0 Å². The van der Waals surface area contributed by atoms with Crippen molar-refractivity contribution in [2.75, 3.05) is 0 Å². The smallest absolute Gasteiger partial charge is 0.0841 e. The van der Waals surface area contributed by atoms with E-state index in [-0.39, 0.29) is 0 Å². The fourth-order valence-corrected chi connectivity index (χ4v) is 3.39. The fraction of sp³-hybridized carbons (Fsp3) is 0.353. The maximum absolute atomic E-state index is 4.85. The van der Waals surface area contributed by atoms with E-state index < -0.39 is 0 Å². The summed E-state index contributed by atoms with van der Waals surface area (Å²) in [6.45, 7) is 1.83. The minimum atomic E-state index is 0.722. The summed E-state index contributed by atoms with van der Waals surface area (Å²) in [7, 11) is 0. The number of thiophene rings is 1. The van der Waals surface area contributed by atoms with Crippen LogP contribution < -0.4 is 5.32 Å². The molecule has 0 amide bonds. The van der Waals surface area contributed by atoms with Crippen molar-refractivity contribution in [1.29, 1.82) is 0 Å². The molecular weight excluding hydrogens is 278 g/mol. The minimum absolute atomic E-state index is 0.722. The average molecular weight is 297 g/mol. The molecule has 1 fully saturated rings. The minimum Gasteiger partial charge on any atom is -0.308 e. The van der Waals surface area contributed by atoms with Gasteiger partial charge in [0.25, 0.3) is 0 Å². The molecule has 0 saturated heterocycles. The van der Waals surface area contributed by atoms with Crippen LogP contribution in [-0.4, -0.2) is 15.8 Å². The molecule has 0 aliphatic heterocycles. The third-order valence-corrected chi connectivity index (χ3v) is 4.96. The van der Waals surface area contributed by atoms with Crippen LogP contribution in [-0.2, 0) is 19.5 Å². The van der Waals surface area contributed by atoms with Crippen LogP contribution >= 0.6 is 11.3 Å². The largest absolute Gasteiger partial charge is 0.308 e. The Kier molecular flexibility index (Phi) is 3.49. The highest BCUT2D eigenvalue weighted by Gasteiger charge is 2.21. The number of para-hydroxylation sites is 1. The van der Waals surface area contributed by atoms with Crippen LogP contribution in [0.3, 0.4) is 0 Å². The molecule has 1 aromatic carbocycles. The molecule has 3 aromatic rings. The molecule has 4 rings (SSSR count). The molecule has 0 atom stereocenters. The van der Waals surface area contributed by atoms with Crippen molar-refractivity contribution >= 4 is 22.2 Å². The van der Waals surface area contributed by atoms with Gasteiger partial charge < -0.3 is 5.32 Å². The molecule has 0 unspecified atom stereocenters. The summed E-state index contributed by atoms with van der Waals surface area (Å²) in [5.41, 5.74) is 2.44. The van der Waals surface area contributed by atoms with Crippen LogP contribution in [0.15, 0.2) is 41.8 Å². The fourth-order valence-electron chi connectivity index (χ4n) is 2.70. The van der Waals surface area contributed by atoms with E-state index in [1.54, 1.807) is 0 Å². The zero-order valence-corrected chi connectivity index (χ0v) is 12.8. The first-order chi connectivity index (χ1) is 10.4. The Morgan fingerprint density at radius 1 is 1.19 bits per heavy atom. The van der Waals surface area contributed by atoms with Crippen LogP contribution in [0, 0.1) is 0 Å². The van der Waals surface area contributed by atoms with E-state index in [1.165, 1.54) is 34.3 Å². The molecule has 21 heavy (non-hydrogen) atoms. The van der Waals surface area contributed by atoms with E-state index in [0.717, 1.165) is 25.6 Å². The molecule has 0 spiro atoms. The lowest BCUT2D eigenvalue weighted by Gasteiger charge is -2.02. The molecule has 1 N–H and O–H groups in total. The number of nitrogens with zero attached hydrogens (tertiary/aromatic N) is 2. The number of benzene rings is 1. The topological polar surface area (TPSA) is 29.9 Å². The molecule has 0 bridgehead atoms. The molecule has 0 radical (unpaired) electrons. The molecule has 4 heteroatoms. The standard InChI is InChI=1S/C17H19N3S/c1-2-6-17-15(5-1)16(12-18-13-7-8-13)19-20(17)10-9-14-4-3-11-21-14/h1-6,11,13,18H,7-10,12H2. The predicted octanol–water partition coefficient (Wildman–Crippen LogP) is 3.59. The van der Waals surface area contributed by atoms with Crippen molar-refractivity contribution in [2.45, 2.75) is 38.4 Å². The highest BCUT2D eigenvalue weighted by Crippen LogP contribution is 2.22. The maximum Gasteiger partial charge on any atom is 0.0841 e. The Balaban J connectivity index is 1.58. The quantitative estimate of drug-likeness (QED) is 0.753. The molecule has 3 nitrogen and oxygen atoms in total. The summed E-state index contributed by atoms with van der Waals surface area (Å²) in [4.78, 5) is 1.42. The lowest BCUT2D eigenvalue weighted by molar-refractivity contribution is 0.607. The van der Waals surface area contributed by atoms with Crippen molar-refractivity contribution in [1.82, 2.24) is 15.1 Å². The highest BCUT2D eigenvalue weighted by molar-refractivity contribution is 7.09. The van der Waals surface area contributed by atoms with Crippen LogP contribution in [0.25, 0.3) is 10.9 Å². The van der Waals surface area contributed by atoms with E-state index in [2.05, 4.69) is 51.8 Å². The summed E-state index contributed by atoms with van der Waals surface area (Å²) in [5, 5.41) is 11.9. The highest BCUT2D eigenvalue weighted by atomic mass is 32.1. The van der Waals surface area contributed by atoms with E-state index in [9.17, 15) is 0 Å². The van der Waals surface area contributed by atoms with Gasteiger partial charge in [-0.15, -0.1) is 11.3 Å². The molecule has 1 aliphatic carbocycles. The van der Waals surface area contributed by atoms with Crippen molar-refractivity contribution in [3.63, 3.8) is 0 Å². The van der Waals surface area contributed by atoms with Crippen LogP contribution in [0.5, 0.6) is 0 Å². The predicted molar refractivity (Wildman–Crippen MR) is 87.6 cm³/mol. The van der Waals surface area contributed by atoms with Gasteiger partial charge in [-0.3, -0.25) is 4.68 Å². The lowest BCUT2D eigenvalue weighted by atomic mass is 10.2. The number of nitrogens with one attached hydrogen (secondary N) is 1. The summed E-state index contributed by atoms with van der Waals surface area (Å²) in [5.74, 6) is 0. The van der Waals surface area contributed by atoms with Crippen molar-refractivity contribution in [3.8, 4) is 0 Å². The summed E-state index contributed by atoms with van der Waals surface area (Å²) < 4.78 is 2.17. The van der Waals surface area contributed by atoms with Gasteiger partial charge in [-0.05, 0) is 30.4 Å². The van der Waals surface area contributed by atoms with Crippen LogP contribution in [0.1, 0.15) is 23.4 Å². The molecular formula is C17H19N3S. The summed E-state index contributed by atoms with van der Waals surface area (Å²) >= 11 is 1.82. The molecule has 1 saturated carbocycles. The second kappa shape index (κ2) is 5.62. The van der Waals surface area contributed by atoms with Gasteiger partial charge >= 0.3 is 0 Å². The van der Waals surface area contributed by atoms with E-state index >= 15 is 0 Å². The second-order valence-electron chi connectivity index (χ2n) is 5.67. The van der Waals surface area contributed by atoms with Crippen molar-refractivity contribution in [3.05, 3.63) is 52.3 Å². The van der Waals surface area contributed by atoms with E-state index in [1.807, 2.05) is 11.3 Å². The Morgan fingerprint density at radius 3 is 2.90 bits per heavy atom. The van der Waals surface area contributed by atoms with Gasteiger partial charge in [-0.25, -0.2) is 0 Å². The normalized spacial score (nSPS) is 14.9. The Morgan fingerprint density at radius 2 is 2.10 bits per heavy atom. The Hall–Kier alpha value is -1.65. The SMILES string of the molecule is c1csc(CCn2nc(CNC3CC3)c3ccccc32)c1. The van der Waals surface area contributed by atoms with E-state index in [0.29, 0.717) is 0 Å². The molecule has 1 aliphatic rings. The summed E-state index contributed by atoms with van der Waals surface area (Å²) in [6.07, 6.45) is 3.69. The number of hydrogen-bond acceptors (Lipinski definition) is 3. The van der Waals surface area contributed by atoms with Gasteiger partial charge in [-0.1, -0.05) is 24.3 Å². The summed E-state index contributed by atoms with van der Waals surface area (Å²) in [6, 6.07) is 13.6. The van der Waals surface area contributed by atoms with Gasteiger partial charge in [-0.2, -0.15) is 5.10 Å². The molecule has 2 aromatic heterocycles. The van der Waals surface area contributed by atoms with Gasteiger partial charge in [0.05, 0.1) is 11.2 Å². The Bertz CT molecular complexity index is 726.